The molecule has 0 saturated heterocycles. The molecule has 0 unspecified atom stereocenters. The quantitative estimate of drug-likeness (QED) is 0.593. The van der Waals surface area contributed by atoms with Gasteiger partial charge in [-0.15, -0.1) is 0 Å². The van der Waals surface area contributed by atoms with Crippen LogP contribution in [0.2, 0.25) is 0 Å². The van der Waals surface area contributed by atoms with Crippen molar-refractivity contribution in [3.63, 3.8) is 0 Å². The van der Waals surface area contributed by atoms with Gasteiger partial charge in [-0.25, -0.2) is 9.18 Å². The summed E-state index contributed by atoms with van der Waals surface area (Å²) in [7, 11) is 0. The molecule has 3 rings (SSSR count). The highest BCUT2D eigenvalue weighted by Gasteiger charge is 2.17. The number of nitrogens with one attached hydrogen (secondary N) is 1. The summed E-state index contributed by atoms with van der Waals surface area (Å²) >= 11 is 0. The van der Waals surface area contributed by atoms with Gasteiger partial charge in [0.25, 0.3) is 5.91 Å². The summed E-state index contributed by atoms with van der Waals surface area (Å²) in [6.07, 6.45) is 0. The summed E-state index contributed by atoms with van der Waals surface area (Å²) in [6, 6.07) is 14.3. The lowest BCUT2D eigenvalue weighted by molar-refractivity contribution is 0.0696. The first-order chi connectivity index (χ1) is 13.8. The molecular weight excluding hydrogens is 373 g/mol. The van der Waals surface area contributed by atoms with E-state index in [0.717, 1.165) is 5.56 Å². The van der Waals surface area contributed by atoms with Crippen LogP contribution in [-0.2, 0) is 6.61 Å². The number of halogens is 1. The number of carboxylic acid groups (broad SMARTS) is 1. The molecule has 0 radical (unpaired) electrons. The van der Waals surface area contributed by atoms with Crippen molar-refractivity contribution in [2.24, 2.45) is 0 Å². The maximum absolute atomic E-state index is 14.4. The van der Waals surface area contributed by atoms with Gasteiger partial charge in [-0.05, 0) is 72.0 Å². The molecule has 0 bridgehead atoms. The minimum absolute atomic E-state index is 0.118. The van der Waals surface area contributed by atoms with Crippen LogP contribution >= 0.6 is 0 Å². The number of carbonyl (C=O) groups excluding carboxylic acids is 1. The molecule has 0 saturated carbocycles. The fourth-order valence-electron chi connectivity index (χ4n) is 3.19. The molecule has 1 amide bonds. The number of benzene rings is 3. The Hall–Kier alpha value is -3.51. The monoisotopic (exact) mass is 393 g/mol. The normalized spacial score (nSPS) is 10.6. The van der Waals surface area contributed by atoms with Crippen LogP contribution in [0, 0.1) is 19.7 Å². The number of aliphatic hydroxyl groups excluding tert-OH is 1. The average molecular weight is 393 g/mol. The van der Waals surface area contributed by atoms with Crippen LogP contribution < -0.4 is 5.32 Å². The van der Waals surface area contributed by atoms with E-state index in [-0.39, 0.29) is 17.7 Å². The molecule has 0 spiro atoms. The number of rotatable bonds is 5. The Kier molecular flexibility index (Phi) is 5.75. The Bertz CT molecular complexity index is 1080. The number of aromatic carboxylic acids is 1. The number of carboxylic acids is 1. The van der Waals surface area contributed by atoms with Crippen LogP contribution in [0.1, 0.15) is 37.4 Å². The van der Waals surface area contributed by atoms with E-state index in [2.05, 4.69) is 5.32 Å². The summed E-state index contributed by atoms with van der Waals surface area (Å²) in [6.45, 7) is 3.25. The van der Waals surface area contributed by atoms with Crippen molar-refractivity contribution in [1.82, 2.24) is 0 Å². The number of carbonyl (C=O) groups is 2. The highest BCUT2D eigenvalue weighted by molar-refractivity contribution is 6.06. The SMILES string of the molecule is Cc1cc(C(=O)O)cc(C)c1NC(=O)c1cc(-c2cccc(CO)c2)ccc1F. The van der Waals surface area contributed by atoms with E-state index in [0.29, 0.717) is 27.9 Å². The predicted molar refractivity (Wildman–Crippen MR) is 109 cm³/mol. The van der Waals surface area contributed by atoms with Gasteiger partial charge in [-0.3, -0.25) is 4.79 Å². The molecule has 0 aromatic heterocycles. The fraction of sp³-hybridized carbons (Fsp3) is 0.130. The Labute approximate surface area is 167 Å². The Morgan fingerprint density at radius 1 is 0.966 bits per heavy atom. The molecule has 3 aromatic carbocycles. The van der Waals surface area contributed by atoms with Crippen LogP contribution in [0.5, 0.6) is 0 Å². The molecular formula is C23H20FNO4. The number of hydrogen-bond acceptors (Lipinski definition) is 3. The van der Waals surface area contributed by atoms with Crippen molar-refractivity contribution in [3.05, 3.63) is 88.2 Å². The minimum Gasteiger partial charge on any atom is -0.478 e. The van der Waals surface area contributed by atoms with Crippen LogP contribution in [0.25, 0.3) is 11.1 Å². The second-order valence-electron chi connectivity index (χ2n) is 6.80. The van der Waals surface area contributed by atoms with Crippen LogP contribution in [0.15, 0.2) is 54.6 Å². The van der Waals surface area contributed by atoms with Crippen molar-refractivity contribution in [1.29, 1.82) is 0 Å². The van der Waals surface area contributed by atoms with Gasteiger partial charge in [-0.2, -0.15) is 0 Å². The predicted octanol–water partition coefficient (Wildman–Crippen LogP) is 4.55. The van der Waals surface area contributed by atoms with E-state index in [1.165, 1.54) is 24.3 Å². The van der Waals surface area contributed by atoms with E-state index < -0.39 is 17.7 Å². The summed E-state index contributed by atoms with van der Waals surface area (Å²) in [5, 5.41) is 21.1. The van der Waals surface area contributed by atoms with Gasteiger partial charge in [0.2, 0.25) is 0 Å². The fourth-order valence-corrected chi connectivity index (χ4v) is 3.19. The van der Waals surface area contributed by atoms with E-state index in [4.69, 9.17) is 5.11 Å². The molecule has 148 valence electrons. The second-order valence-corrected chi connectivity index (χ2v) is 6.80. The second kappa shape index (κ2) is 8.24. The average Bonchev–Trinajstić information content (AvgIpc) is 2.70. The van der Waals surface area contributed by atoms with E-state index >= 15 is 0 Å². The van der Waals surface area contributed by atoms with Gasteiger partial charge in [0, 0.05) is 5.69 Å². The number of hydrogen-bond donors (Lipinski definition) is 3. The molecule has 0 aliphatic heterocycles. The zero-order valence-corrected chi connectivity index (χ0v) is 16.0. The van der Waals surface area contributed by atoms with E-state index in [1.54, 1.807) is 38.1 Å². The first-order valence-corrected chi connectivity index (χ1v) is 8.95. The van der Waals surface area contributed by atoms with Gasteiger partial charge in [0.1, 0.15) is 5.82 Å². The first-order valence-electron chi connectivity index (χ1n) is 8.95. The zero-order valence-electron chi connectivity index (χ0n) is 16.0. The summed E-state index contributed by atoms with van der Waals surface area (Å²) in [4.78, 5) is 23.9. The minimum atomic E-state index is -1.06. The van der Waals surface area contributed by atoms with Gasteiger partial charge in [0.15, 0.2) is 0 Å². The molecule has 0 aliphatic rings. The molecule has 3 N–H and O–H groups in total. The van der Waals surface area contributed by atoms with Crippen molar-refractivity contribution >= 4 is 17.6 Å². The third-order valence-corrected chi connectivity index (χ3v) is 4.67. The topological polar surface area (TPSA) is 86.6 Å². The number of aryl methyl sites for hydroxylation is 2. The summed E-state index contributed by atoms with van der Waals surface area (Å²) < 4.78 is 14.4. The van der Waals surface area contributed by atoms with Gasteiger partial charge in [0.05, 0.1) is 17.7 Å². The van der Waals surface area contributed by atoms with Crippen molar-refractivity contribution < 1.29 is 24.2 Å². The van der Waals surface area contributed by atoms with E-state index in [9.17, 15) is 19.1 Å². The van der Waals surface area contributed by atoms with Crippen LogP contribution in [-0.4, -0.2) is 22.1 Å². The largest absolute Gasteiger partial charge is 0.478 e. The maximum Gasteiger partial charge on any atom is 0.335 e. The Morgan fingerprint density at radius 3 is 2.24 bits per heavy atom. The highest BCUT2D eigenvalue weighted by Crippen LogP contribution is 2.26. The molecule has 0 fully saturated rings. The number of anilines is 1. The van der Waals surface area contributed by atoms with Gasteiger partial charge >= 0.3 is 5.97 Å². The molecule has 5 nitrogen and oxygen atoms in total. The number of amides is 1. The summed E-state index contributed by atoms with van der Waals surface area (Å²) in [5.41, 5.74) is 3.69. The van der Waals surface area contributed by atoms with Crippen LogP contribution in [0.3, 0.4) is 0 Å². The number of aliphatic hydroxyl groups is 1. The molecule has 0 aliphatic carbocycles. The third kappa shape index (κ3) is 4.33. The Morgan fingerprint density at radius 2 is 1.62 bits per heavy atom. The van der Waals surface area contributed by atoms with Gasteiger partial charge < -0.3 is 15.5 Å². The highest BCUT2D eigenvalue weighted by atomic mass is 19.1. The van der Waals surface area contributed by atoms with E-state index in [1.807, 2.05) is 6.07 Å². The van der Waals surface area contributed by atoms with Crippen molar-refractivity contribution in [2.45, 2.75) is 20.5 Å². The van der Waals surface area contributed by atoms with Gasteiger partial charge in [-0.1, -0.05) is 24.3 Å². The van der Waals surface area contributed by atoms with Crippen molar-refractivity contribution in [3.8, 4) is 11.1 Å². The standard InChI is InChI=1S/C23H20FNO4/c1-13-8-18(23(28)29)9-14(2)21(13)25-22(27)19-11-17(6-7-20(19)24)16-5-3-4-15(10-16)12-26/h3-11,26H,12H2,1-2H3,(H,25,27)(H,28,29). The molecule has 29 heavy (non-hydrogen) atoms. The molecule has 3 aromatic rings. The lowest BCUT2D eigenvalue weighted by Crippen LogP contribution is -2.16. The van der Waals surface area contributed by atoms with Crippen LogP contribution in [0.4, 0.5) is 10.1 Å². The smallest absolute Gasteiger partial charge is 0.335 e. The van der Waals surface area contributed by atoms with Crippen molar-refractivity contribution in [2.75, 3.05) is 5.32 Å². The summed E-state index contributed by atoms with van der Waals surface area (Å²) in [5.74, 6) is -2.35. The lowest BCUT2D eigenvalue weighted by atomic mass is 10.00. The first kappa shape index (κ1) is 20.2. The molecule has 6 heteroatoms. The lowest BCUT2D eigenvalue weighted by Gasteiger charge is -2.14. The molecule has 0 heterocycles. The zero-order chi connectivity index (χ0) is 21.1. The third-order valence-electron chi connectivity index (χ3n) is 4.67. The Balaban J connectivity index is 1.95. The molecule has 0 atom stereocenters. The maximum atomic E-state index is 14.4.